The first-order chi connectivity index (χ1) is 7.38. The monoisotopic (exact) mass is 226 g/mol. The molecule has 4 heteroatoms. The minimum absolute atomic E-state index is 0.172. The fourth-order valence-corrected chi connectivity index (χ4v) is 2.87. The summed E-state index contributed by atoms with van der Waals surface area (Å²) >= 11 is 0. The van der Waals surface area contributed by atoms with E-state index in [1.54, 1.807) is 0 Å². The maximum atomic E-state index is 12.0. The Balaban J connectivity index is 1.99. The van der Waals surface area contributed by atoms with E-state index in [0.717, 1.165) is 25.8 Å². The Kier molecular flexibility index (Phi) is 2.86. The van der Waals surface area contributed by atoms with E-state index >= 15 is 0 Å². The van der Waals surface area contributed by atoms with Crippen LogP contribution in [0, 0.1) is 5.92 Å². The SMILES string of the molecule is CC(C)(C)OC(=O)N1CC[C@@H]2C(N)CC[C@@H]21. The molecule has 1 aliphatic heterocycles. The first-order valence-electron chi connectivity index (χ1n) is 6.14. The molecule has 0 bridgehead atoms. The summed E-state index contributed by atoms with van der Waals surface area (Å²) in [6, 6.07) is 0.599. The number of fused-ring (bicyclic) bond motifs is 1. The molecule has 1 unspecified atom stereocenters. The molecule has 1 amide bonds. The molecule has 2 aliphatic rings. The van der Waals surface area contributed by atoms with Crippen molar-refractivity contribution in [3.63, 3.8) is 0 Å². The van der Waals surface area contributed by atoms with E-state index < -0.39 is 5.60 Å². The fraction of sp³-hybridized carbons (Fsp3) is 0.917. The van der Waals surface area contributed by atoms with Gasteiger partial charge in [0.2, 0.25) is 0 Å². The van der Waals surface area contributed by atoms with Gasteiger partial charge in [-0.3, -0.25) is 0 Å². The number of amides is 1. The smallest absolute Gasteiger partial charge is 0.410 e. The number of ether oxygens (including phenoxy) is 1. The number of hydrogen-bond acceptors (Lipinski definition) is 3. The third kappa shape index (κ3) is 2.17. The lowest BCUT2D eigenvalue weighted by Crippen LogP contribution is -2.40. The Morgan fingerprint density at radius 1 is 1.31 bits per heavy atom. The maximum Gasteiger partial charge on any atom is 0.410 e. The van der Waals surface area contributed by atoms with Crippen LogP contribution in [0.4, 0.5) is 4.79 Å². The van der Waals surface area contributed by atoms with Gasteiger partial charge in [-0.05, 0) is 46.0 Å². The van der Waals surface area contributed by atoms with Crippen molar-refractivity contribution in [3.8, 4) is 0 Å². The van der Waals surface area contributed by atoms with Gasteiger partial charge in [0.25, 0.3) is 0 Å². The van der Waals surface area contributed by atoms with Gasteiger partial charge in [-0.25, -0.2) is 4.79 Å². The molecule has 2 N–H and O–H groups in total. The molecule has 4 nitrogen and oxygen atoms in total. The summed E-state index contributed by atoms with van der Waals surface area (Å²) in [5.41, 5.74) is 5.62. The molecule has 0 spiro atoms. The van der Waals surface area contributed by atoms with Gasteiger partial charge in [-0.15, -0.1) is 0 Å². The molecule has 3 atom stereocenters. The van der Waals surface area contributed by atoms with Crippen molar-refractivity contribution in [1.82, 2.24) is 4.90 Å². The summed E-state index contributed by atoms with van der Waals surface area (Å²) in [5.74, 6) is 0.493. The molecule has 0 aromatic heterocycles. The van der Waals surface area contributed by atoms with Gasteiger partial charge in [0.05, 0.1) is 0 Å². The number of nitrogens with two attached hydrogens (primary N) is 1. The topological polar surface area (TPSA) is 55.6 Å². The minimum atomic E-state index is -0.407. The number of carbonyl (C=O) groups is 1. The highest BCUT2D eigenvalue weighted by molar-refractivity contribution is 5.69. The normalized spacial score (nSPS) is 34.0. The van der Waals surface area contributed by atoms with Crippen LogP contribution in [-0.2, 0) is 4.74 Å². The fourth-order valence-electron chi connectivity index (χ4n) is 2.87. The molecule has 2 fully saturated rings. The second kappa shape index (κ2) is 3.91. The minimum Gasteiger partial charge on any atom is -0.444 e. The average Bonchev–Trinajstić information content (AvgIpc) is 2.66. The van der Waals surface area contributed by atoms with Crippen LogP contribution in [0.3, 0.4) is 0 Å². The van der Waals surface area contributed by atoms with E-state index in [4.69, 9.17) is 10.5 Å². The number of hydrogen-bond donors (Lipinski definition) is 1. The van der Waals surface area contributed by atoms with Crippen LogP contribution in [0.2, 0.25) is 0 Å². The zero-order chi connectivity index (χ0) is 11.9. The molecular weight excluding hydrogens is 204 g/mol. The molecule has 1 heterocycles. The van der Waals surface area contributed by atoms with Crippen LogP contribution >= 0.6 is 0 Å². The van der Waals surface area contributed by atoms with E-state index in [-0.39, 0.29) is 12.1 Å². The van der Waals surface area contributed by atoms with Crippen LogP contribution in [0.5, 0.6) is 0 Å². The second-order valence-electron chi connectivity index (χ2n) is 5.93. The quantitative estimate of drug-likeness (QED) is 0.684. The molecule has 1 saturated heterocycles. The van der Waals surface area contributed by atoms with Crippen molar-refractivity contribution in [2.45, 2.75) is 57.7 Å². The predicted molar refractivity (Wildman–Crippen MR) is 62.0 cm³/mol. The van der Waals surface area contributed by atoms with Crippen molar-refractivity contribution in [2.24, 2.45) is 11.7 Å². The molecule has 1 aliphatic carbocycles. The lowest BCUT2D eigenvalue weighted by Gasteiger charge is -2.28. The number of nitrogens with zero attached hydrogens (tertiary/aromatic N) is 1. The van der Waals surface area contributed by atoms with E-state index in [9.17, 15) is 4.79 Å². The summed E-state index contributed by atoms with van der Waals surface area (Å²) in [7, 11) is 0. The summed E-state index contributed by atoms with van der Waals surface area (Å²) in [6.45, 7) is 6.51. The van der Waals surface area contributed by atoms with Crippen molar-refractivity contribution in [2.75, 3.05) is 6.54 Å². The second-order valence-corrected chi connectivity index (χ2v) is 5.93. The standard InChI is InChI=1S/C12H22N2O2/c1-12(2,3)16-11(15)14-7-6-8-9(13)4-5-10(8)14/h8-10H,4-7,13H2,1-3H3/t8-,9?,10+/m1/s1. The number of carbonyl (C=O) groups excluding carboxylic acids is 1. The zero-order valence-electron chi connectivity index (χ0n) is 10.4. The van der Waals surface area contributed by atoms with Gasteiger partial charge in [0, 0.05) is 18.6 Å². The Bertz CT molecular complexity index is 285. The summed E-state index contributed by atoms with van der Waals surface area (Å²) in [5, 5.41) is 0. The number of likely N-dealkylation sites (tertiary alicyclic amines) is 1. The Labute approximate surface area is 97.1 Å². The predicted octanol–water partition coefficient (Wildman–Crippen LogP) is 1.73. The van der Waals surface area contributed by atoms with E-state index in [0.29, 0.717) is 12.0 Å². The van der Waals surface area contributed by atoms with Crippen LogP contribution in [0.15, 0.2) is 0 Å². The Morgan fingerprint density at radius 3 is 2.62 bits per heavy atom. The molecule has 1 saturated carbocycles. The maximum absolute atomic E-state index is 12.0. The highest BCUT2D eigenvalue weighted by atomic mass is 16.6. The first kappa shape index (κ1) is 11.7. The Morgan fingerprint density at radius 2 is 2.00 bits per heavy atom. The van der Waals surface area contributed by atoms with Gasteiger partial charge in [0.1, 0.15) is 5.60 Å². The third-order valence-electron chi connectivity index (χ3n) is 3.57. The largest absolute Gasteiger partial charge is 0.444 e. The van der Waals surface area contributed by atoms with Crippen LogP contribution in [0.25, 0.3) is 0 Å². The summed E-state index contributed by atoms with van der Waals surface area (Å²) in [6.07, 6.45) is 2.93. The lowest BCUT2D eigenvalue weighted by atomic mass is 10.0. The molecule has 2 rings (SSSR count). The summed E-state index contributed by atoms with van der Waals surface area (Å²) in [4.78, 5) is 13.9. The summed E-state index contributed by atoms with van der Waals surface area (Å²) < 4.78 is 5.41. The van der Waals surface area contributed by atoms with E-state index in [1.165, 1.54) is 0 Å². The molecule has 0 aromatic carbocycles. The molecule has 92 valence electrons. The molecule has 0 aromatic rings. The van der Waals surface area contributed by atoms with Crippen LogP contribution in [-0.4, -0.2) is 35.2 Å². The Hall–Kier alpha value is -0.770. The van der Waals surface area contributed by atoms with Gasteiger partial charge in [-0.1, -0.05) is 0 Å². The van der Waals surface area contributed by atoms with Gasteiger partial charge in [-0.2, -0.15) is 0 Å². The van der Waals surface area contributed by atoms with Crippen molar-refractivity contribution in [3.05, 3.63) is 0 Å². The number of rotatable bonds is 0. The molecular formula is C12H22N2O2. The first-order valence-corrected chi connectivity index (χ1v) is 6.14. The van der Waals surface area contributed by atoms with Crippen molar-refractivity contribution in [1.29, 1.82) is 0 Å². The van der Waals surface area contributed by atoms with Gasteiger partial charge >= 0.3 is 6.09 Å². The van der Waals surface area contributed by atoms with Crippen molar-refractivity contribution >= 4 is 6.09 Å². The molecule has 16 heavy (non-hydrogen) atoms. The van der Waals surface area contributed by atoms with E-state index in [2.05, 4.69) is 0 Å². The lowest BCUT2D eigenvalue weighted by molar-refractivity contribution is 0.0218. The van der Waals surface area contributed by atoms with Crippen molar-refractivity contribution < 1.29 is 9.53 Å². The average molecular weight is 226 g/mol. The van der Waals surface area contributed by atoms with E-state index in [1.807, 2.05) is 25.7 Å². The van der Waals surface area contributed by atoms with Gasteiger partial charge < -0.3 is 15.4 Å². The highest BCUT2D eigenvalue weighted by Crippen LogP contribution is 2.37. The molecule has 0 radical (unpaired) electrons. The van der Waals surface area contributed by atoms with Crippen LogP contribution in [0.1, 0.15) is 40.0 Å². The van der Waals surface area contributed by atoms with Gasteiger partial charge in [0.15, 0.2) is 0 Å². The third-order valence-corrected chi connectivity index (χ3v) is 3.57. The highest BCUT2D eigenvalue weighted by Gasteiger charge is 2.45. The van der Waals surface area contributed by atoms with Crippen LogP contribution < -0.4 is 5.73 Å². The zero-order valence-corrected chi connectivity index (χ0v) is 10.4.